The molecule has 2 aromatic rings. The van der Waals surface area contributed by atoms with Crippen LogP contribution in [0.25, 0.3) is 0 Å². The summed E-state index contributed by atoms with van der Waals surface area (Å²) in [6.45, 7) is 1.83. The Bertz CT molecular complexity index is 908. The number of aliphatic carboxylic acids is 1. The fourth-order valence-electron chi connectivity index (χ4n) is 3.53. The predicted octanol–water partition coefficient (Wildman–Crippen LogP) is 3.97. The summed E-state index contributed by atoms with van der Waals surface area (Å²) in [4.78, 5) is 16.3. The zero-order valence-corrected chi connectivity index (χ0v) is 15.1. The summed E-state index contributed by atoms with van der Waals surface area (Å²) in [5.74, 6) is -4.30. The first kappa shape index (κ1) is 18.4. The second kappa shape index (κ2) is 7.22. The quantitative estimate of drug-likeness (QED) is 0.814. The van der Waals surface area contributed by atoms with Crippen molar-refractivity contribution in [2.24, 2.45) is 17.0 Å². The van der Waals surface area contributed by atoms with Gasteiger partial charge in [-0.15, -0.1) is 0 Å². The second-order valence-corrected chi connectivity index (χ2v) is 7.17. The van der Waals surface area contributed by atoms with Crippen molar-refractivity contribution in [2.75, 3.05) is 6.61 Å². The van der Waals surface area contributed by atoms with Crippen LogP contribution in [0.2, 0.25) is 0 Å². The molecule has 4 unspecified atom stereocenters. The molecule has 1 aliphatic carbocycles. The summed E-state index contributed by atoms with van der Waals surface area (Å²) < 4.78 is 34.4. The van der Waals surface area contributed by atoms with Gasteiger partial charge in [0.15, 0.2) is 17.4 Å². The molecule has 146 valence electrons. The smallest absolute Gasteiger partial charge is 0.307 e. The third-order valence-corrected chi connectivity index (χ3v) is 5.27. The van der Waals surface area contributed by atoms with Gasteiger partial charge in [0.1, 0.15) is 12.7 Å². The first-order valence-electron chi connectivity index (χ1n) is 9.09. The molecule has 0 saturated heterocycles. The number of nitrogens with zero attached hydrogens (tertiary/aromatic N) is 1. The fraction of sp³-hybridized carbons (Fsp3) is 0.333. The molecule has 0 bridgehead atoms. The number of ether oxygens (including phenoxy) is 1. The minimum Gasteiger partial charge on any atom is -0.487 e. The predicted molar refractivity (Wildman–Crippen MR) is 97.4 cm³/mol. The number of hydrogen-bond acceptors (Lipinski definition) is 4. The van der Waals surface area contributed by atoms with Crippen LogP contribution in [0, 0.1) is 23.5 Å². The van der Waals surface area contributed by atoms with Gasteiger partial charge in [0.2, 0.25) is 0 Å². The van der Waals surface area contributed by atoms with Crippen LogP contribution in [0.3, 0.4) is 0 Å². The van der Waals surface area contributed by atoms with Crippen molar-refractivity contribution < 1.29 is 28.3 Å². The van der Waals surface area contributed by atoms with E-state index in [0.717, 1.165) is 17.7 Å². The molecule has 2 aliphatic rings. The summed E-state index contributed by atoms with van der Waals surface area (Å²) in [6.07, 6.45) is 0.103. The average Bonchev–Trinajstić information content (AvgIpc) is 3.40. The highest BCUT2D eigenvalue weighted by Crippen LogP contribution is 2.48. The zero-order valence-electron chi connectivity index (χ0n) is 15.1. The molecular formula is C21H19F2NO4. The first-order valence-corrected chi connectivity index (χ1v) is 9.09. The molecule has 0 aromatic heterocycles. The van der Waals surface area contributed by atoms with Crippen LogP contribution >= 0.6 is 0 Å². The van der Waals surface area contributed by atoms with Gasteiger partial charge in [-0.25, -0.2) is 8.78 Å². The Morgan fingerprint density at radius 2 is 1.93 bits per heavy atom. The Labute approximate surface area is 160 Å². The zero-order chi connectivity index (χ0) is 19.8. The highest BCUT2D eigenvalue weighted by atomic mass is 19.1. The van der Waals surface area contributed by atoms with Crippen molar-refractivity contribution in [3.8, 4) is 5.75 Å². The summed E-state index contributed by atoms with van der Waals surface area (Å²) in [7, 11) is 0. The van der Waals surface area contributed by atoms with Gasteiger partial charge in [-0.1, -0.05) is 35.5 Å². The largest absolute Gasteiger partial charge is 0.487 e. The van der Waals surface area contributed by atoms with E-state index in [1.54, 1.807) is 0 Å². The molecule has 7 heteroatoms. The van der Waals surface area contributed by atoms with Gasteiger partial charge in [-0.05, 0) is 42.5 Å². The number of halogens is 2. The molecule has 4 atom stereocenters. The molecule has 1 aliphatic heterocycles. The van der Waals surface area contributed by atoms with Crippen LogP contribution < -0.4 is 4.74 Å². The minimum absolute atomic E-state index is 0.00323. The van der Waals surface area contributed by atoms with Gasteiger partial charge >= 0.3 is 5.97 Å². The Balaban J connectivity index is 1.49. The average molecular weight is 387 g/mol. The van der Waals surface area contributed by atoms with Crippen molar-refractivity contribution in [2.45, 2.75) is 25.4 Å². The second-order valence-electron chi connectivity index (χ2n) is 7.17. The molecule has 2 aromatic carbocycles. The molecule has 0 amide bonds. The summed E-state index contributed by atoms with van der Waals surface area (Å²) >= 11 is 0. The molecule has 0 radical (unpaired) electrons. The maximum absolute atomic E-state index is 14.4. The number of carbonyl (C=O) groups is 1. The van der Waals surface area contributed by atoms with E-state index in [1.807, 2.05) is 37.3 Å². The number of oxime groups is 1. The van der Waals surface area contributed by atoms with E-state index in [-0.39, 0.29) is 24.5 Å². The van der Waals surface area contributed by atoms with Crippen molar-refractivity contribution in [3.05, 3.63) is 65.2 Å². The lowest BCUT2D eigenvalue weighted by molar-refractivity contribution is -0.138. The van der Waals surface area contributed by atoms with E-state index in [0.29, 0.717) is 17.7 Å². The molecule has 4 rings (SSSR count). The lowest BCUT2D eigenvalue weighted by atomic mass is 9.94. The number of hydrogen-bond donors (Lipinski definition) is 1. The third kappa shape index (κ3) is 3.44. The fourth-order valence-corrected chi connectivity index (χ4v) is 3.53. The number of carboxylic acid groups (broad SMARTS) is 1. The molecule has 1 fully saturated rings. The Kier molecular flexibility index (Phi) is 4.75. The maximum Gasteiger partial charge on any atom is 0.307 e. The highest BCUT2D eigenvalue weighted by molar-refractivity contribution is 6.03. The van der Waals surface area contributed by atoms with Gasteiger partial charge in [0.25, 0.3) is 0 Å². The lowest BCUT2D eigenvalue weighted by Crippen LogP contribution is -2.28. The number of rotatable bonds is 6. The highest BCUT2D eigenvalue weighted by Gasteiger charge is 2.44. The standard InChI is InChI=1S/C21H19F2NO4/c1-11-16(19(24-28-11)12-5-3-2-4-6-12)10-27-20-17(22)7-13(8-18(20)23)14-9-15(14)21(25)26/h2-8,11,14-16H,9-10H2,1H3,(H,25,26). The first-order chi connectivity index (χ1) is 13.5. The van der Waals surface area contributed by atoms with Crippen LogP contribution in [-0.2, 0) is 9.63 Å². The van der Waals surface area contributed by atoms with Gasteiger partial charge in [0.05, 0.1) is 17.5 Å². The van der Waals surface area contributed by atoms with Crippen LogP contribution in [0.4, 0.5) is 8.78 Å². The van der Waals surface area contributed by atoms with Crippen LogP contribution in [-0.4, -0.2) is 29.5 Å². The lowest BCUT2D eigenvalue weighted by Gasteiger charge is -2.17. The topological polar surface area (TPSA) is 68.1 Å². The van der Waals surface area contributed by atoms with Crippen molar-refractivity contribution in [1.29, 1.82) is 0 Å². The summed E-state index contributed by atoms with van der Waals surface area (Å²) in [5.41, 5.74) is 1.89. The van der Waals surface area contributed by atoms with Gasteiger partial charge < -0.3 is 14.7 Å². The monoisotopic (exact) mass is 387 g/mol. The maximum atomic E-state index is 14.4. The van der Waals surface area contributed by atoms with Gasteiger partial charge in [0, 0.05) is 0 Å². The molecule has 28 heavy (non-hydrogen) atoms. The van der Waals surface area contributed by atoms with Crippen LogP contribution in [0.1, 0.15) is 30.4 Å². The van der Waals surface area contributed by atoms with E-state index >= 15 is 0 Å². The number of benzene rings is 2. The Morgan fingerprint density at radius 3 is 2.54 bits per heavy atom. The van der Waals surface area contributed by atoms with E-state index < -0.39 is 29.3 Å². The van der Waals surface area contributed by atoms with Crippen molar-refractivity contribution >= 4 is 11.7 Å². The molecule has 0 spiro atoms. The van der Waals surface area contributed by atoms with Gasteiger partial charge in [-0.2, -0.15) is 0 Å². The van der Waals surface area contributed by atoms with E-state index in [2.05, 4.69) is 5.16 Å². The Hall–Kier alpha value is -2.96. The van der Waals surface area contributed by atoms with E-state index in [4.69, 9.17) is 14.7 Å². The van der Waals surface area contributed by atoms with E-state index in [1.165, 1.54) is 0 Å². The SMILES string of the molecule is CC1ON=C(c2ccccc2)C1COc1c(F)cc(C2CC2C(=O)O)cc1F. The molecule has 1 saturated carbocycles. The molecule has 5 nitrogen and oxygen atoms in total. The van der Waals surface area contributed by atoms with E-state index in [9.17, 15) is 13.6 Å². The van der Waals surface area contributed by atoms with Gasteiger partial charge in [-0.3, -0.25) is 4.79 Å². The third-order valence-electron chi connectivity index (χ3n) is 5.27. The van der Waals surface area contributed by atoms with Crippen LogP contribution in [0.5, 0.6) is 5.75 Å². The van der Waals surface area contributed by atoms with Crippen LogP contribution in [0.15, 0.2) is 47.6 Å². The normalized spacial score (nSPS) is 25.8. The summed E-state index contributed by atoms with van der Waals surface area (Å²) in [5, 5.41) is 13.1. The molecular weight excluding hydrogens is 368 g/mol. The Morgan fingerprint density at radius 1 is 1.25 bits per heavy atom. The summed E-state index contributed by atoms with van der Waals surface area (Å²) in [6, 6.07) is 11.7. The minimum atomic E-state index is -0.950. The molecule has 1 heterocycles. The van der Waals surface area contributed by atoms with Crippen molar-refractivity contribution in [1.82, 2.24) is 0 Å². The number of carboxylic acids is 1. The molecule has 1 N–H and O–H groups in total. The van der Waals surface area contributed by atoms with Crippen molar-refractivity contribution in [3.63, 3.8) is 0 Å².